The molecule has 1 aromatic carbocycles. The van der Waals surface area contributed by atoms with E-state index >= 15 is 0 Å². The van der Waals surface area contributed by atoms with Crippen molar-refractivity contribution in [1.82, 2.24) is 0 Å². The molecule has 0 aromatic heterocycles. The van der Waals surface area contributed by atoms with Crippen LogP contribution in [-0.4, -0.2) is 27.8 Å². The van der Waals surface area contributed by atoms with Crippen molar-refractivity contribution in [3.8, 4) is 0 Å². The van der Waals surface area contributed by atoms with Crippen molar-refractivity contribution >= 4 is 29.2 Å². The number of carboxylic acid groups (broad SMARTS) is 1. The number of allylic oxidation sites excluding steroid dienone is 2. The van der Waals surface area contributed by atoms with E-state index in [1.165, 1.54) is 28.7 Å². The second-order valence-electron chi connectivity index (χ2n) is 13.3. The van der Waals surface area contributed by atoms with Crippen molar-refractivity contribution in [2.24, 2.45) is 51.8 Å². The zero-order valence-electron chi connectivity index (χ0n) is 22.5. The van der Waals surface area contributed by atoms with Gasteiger partial charge in [0.1, 0.15) is 0 Å². The van der Waals surface area contributed by atoms with Crippen molar-refractivity contribution in [3.05, 3.63) is 46.0 Å². The first-order chi connectivity index (χ1) is 17.9. The van der Waals surface area contributed by atoms with Crippen molar-refractivity contribution in [1.29, 1.82) is 0 Å². The van der Waals surface area contributed by atoms with Gasteiger partial charge in [-0.15, -0.1) is 0 Å². The summed E-state index contributed by atoms with van der Waals surface area (Å²) in [5, 5.41) is 21.7. The highest BCUT2D eigenvalue weighted by molar-refractivity contribution is 6.23. The summed E-state index contributed by atoms with van der Waals surface area (Å²) in [6.45, 7) is 8.44. The molecule has 7 rings (SSSR count). The normalized spacial score (nSPS) is 41.4. The number of fused-ring (bicyclic) bond motifs is 1. The Morgan fingerprint density at radius 2 is 1.87 bits per heavy atom. The van der Waals surface area contributed by atoms with Gasteiger partial charge < -0.3 is 5.11 Å². The quantitative estimate of drug-likeness (QED) is 0.239. The maximum Gasteiger partial charge on any atom is 0.309 e. The predicted molar refractivity (Wildman–Crippen MR) is 140 cm³/mol. The molecule has 0 unspecified atom stereocenters. The van der Waals surface area contributed by atoms with Crippen molar-refractivity contribution < 1.29 is 24.4 Å². The van der Waals surface area contributed by atoms with Crippen LogP contribution in [0.5, 0.6) is 0 Å². The van der Waals surface area contributed by atoms with Crippen molar-refractivity contribution in [3.63, 3.8) is 0 Å². The lowest BCUT2D eigenvalue weighted by Crippen LogP contribution is -2.65. The largest absolute Gasteiger partial charge is 0.481 e. The highest BCUT2D eigenvalue weighted by Crippen LogP contribution is 2.74. The summed E-state index contributed by atoms with van der Waals surface area (Å²) >= 11 is 0. The second kappa shape index (κ2) is 7.99. The summed E-state index contributed by atoms with van der Waals surface area (Å²) in [7, 11) is 0. The molecule has 0 radical (unpaired) electrons. The van der Waals surface area contributed by atoms with Gasteiger partial charge in [0.05, 0.1) is 27.9 Å². The fourth-order valence-corrected chi connectivity index (χ4v) is 9.96. The molecule has 8 heteroatoms. The highest BCUT2D eigenvalue weighted by Gasteiger charge is 2.73. The average molecular weight is 521 g/mol. The minimum Gasteiger partial charge on any atom is -0.481 e. The maximum absolute atomic E-state index is 14.3. The molecular weight excluding hydrogens is 484 g/mol. The number of hydrogen-bond acceptors (Lipinski definition) is 5. The summed E-state index contributed by atoms with van der Waals surface area (Å²) in [6, 6.07) is 5.80. The zero-order valence-corrected chi connectivity index (χ0v) is 22.5. The van der Waals surface area contributed by atoms with Crippen LogP contribution in [0.3, 0.4) is 0 Å². The molecule has 1 heterocycles. The number of aliphatic carboxylic acids is 1. The lowest BCUT2D eigenvalue weighted by atomic mass is 9.34. The first-order valence-electron chi connectivity index (χ1n) is 13.9. The lowest BCUT2D eigenvalue weighted by molar-refractivity contribution is -0.384. The number of carbonyl (C=O) groups excluding carboxylic acids is 2. The maximum atomic E-state index is 14.3. The smallest absolute Gasteiger partial charge is 0.309 e. The molecule has 3 saturated carbocycles. The van der Waals surface area contributed by atoms with E-state index in [-0.39, 0.29) is 52.3 Å². The van der Waals surface area contributed by atoms with Crippen LogP contribution in [0.4, 0.5) is 11.4 Å². The van der Waals surface area contributed by atoms with Gasteiger partial charge in [0, 0.05) is 17.5 Å². The Hall–Kier alpha value is -3.03. The van der Waals surface area contributed by atoms with Crippen molar-refractivity contribution in [2.75, 3.05) is 4.90 Å². The summed E-state index contributed by atoms with van der Waals surface area (Å²) in [5.74, 6) is -1.95. The molecule has 6 aliphatic rings. The Labute approximate surface area is 222 Å². The van der Waals surface area contributed by atoms with Crippen LogP contribution >= 0.6 is 0 Å². The molecule has 1 spiro atoms. The number of carboxylic acids is 1. The predicted octanol–water partition coefficient (Wildman–Crippen LogP) is 5.61. The Bertz CT molecular complexity index is 1300. The number of nitro groups is 1. The third kappa shape index (κ3) is 3.00. The Kier molecular flexibility index (Phi) is 5.31. The van der Waals surface area contributed by atoms with Crippen LogP contribution in [0.2, 0.25) is 0 Å². The average Bonchev–Trinajstić information content (AvgIpc) is 3.15. The SMILES string of the molecule is CC(C)C1=C[C@@]23CC[C@H]4[C@](C)(CCC[C@@]4(C)C(=O)O)[C@H]2C[C@H]1[C@H]1C(=O)N(c2cccc([N+](=O)[O-])c2)C(=O)[C@H]13. The number of nitrogens with zero attached hydrogens (tertiary/aromatic N) is 2. The molecule has 38 heavy (non-hydrogen) atoms. The minimum atomic E-state index is -0.792. The number of anilines is 1. The van der Waals surface area contributed by atoms with Crippen molar-refractivity contribution in [2.45, 2.75) is 66.2 Å². The summed E-state index contributed by atoms with van der Waals surface area (Å²) in [5.41, 5.74) is -0.195. The topological polar surface area (TPSA) is 118 Å². The Morgan fingerprint density at radius 3 is 2.53 bits per heavy atom. The van der Waals surface area contributed by atoms with Gasteiger partial charge in [0.15, 0.2) is 0 Å². The van der Waals surface area contributed by atoms with Gasteiger partial charge in [-0.2, -0.15) is 0 Å². The molecular formula is C30H36N2O6. The fraction of sp³-hybridized carbons (Fsp3) is 0.633. The standard InChI is InChI=1S/C30H36N2O6/c1-16(2)20-15-30-12-9-21-28(3,10-6-11-29(21,4)27(35)36)22(30)14-19(20)23-24(30)26(34)31(25(23)33)17-7-5-8-18(13-17)32(37)38/h5,7-8,13,15-16,19,21-24H,6,9-12,14H2,1-4H3,(H,35,36)/t19-,21+,22-,23-,24+,28+,29-,30+/m1/s1. The van der Waals surface area contributed by atoms with Crippen LogP contribution in [-0.2, 0) is 14.4 Å². The van der Waals surface area contributed by atoms with Gasteiger partial charge >= 0.3 is 5.97 Å². The highest BCUT2D eigenvalue weighted by atomic mass is 16.6. The number of benzene rings is 1. The first kappa shape index (κ1) is 25.3. The van der Waals surface area contributed by atoms with E-state index in [4.69, 9.17) is 0 Å². The first-order valence-corrected chi connectivity index (χ1v) is 13.9. The van der Waals surface area contributed by atoms with Gasteiger partial charge in [0.25, 0.3) is 5.69 Å². The molecule has 8 atom stereocenters. The summed E-state index contributed by atoms with van der Waals surface area (Å²) in [6.07, 6.45) is 6.97. The van der Waals surface area contributed by atoms with E-state index in [0.717, 1.165) is 19.3 Å². The monoisotopic (exact) mass is 520 g/mol. The number of imide groups is 1. The van der Waals surface area contributed by atoms with E-state index < -0.39 is 33.6 Å². The molecule has 5 aliphatic carbocycles. The summed E-state index contributed by atoms with van der Waals surface area (Å²) < 4.78 is 0. The van der Waals surface area contributed by atoms with E-state index in [1.54, 1.807) is 6.07 Å². The third-order valence-corrected chi connectivity index (χ3v) is 11.5. The van der Waals surface area contributed by atoms with E-state index in [0.29, 0.717) is 19.3 Å². The molecule has 4 fully saturated rings. The third-order valence-electron chi connectivity index (χ3n) is 11.5. The van der Waals surface area contributed by atoms with Crippen LogP contribution in [0.1, 0.15) is 66.2 Å². The Balaban J connectivity index is 1.48. The van der Waals surface area contributed by atoms with Gasteiger partial charge in [-0.25, -0.2) is 4.90 Å². The van der Waals surface area contributed by atoms with Crippen LogP contribution in [0, 0.1) is 61.9 Å². The summed E-state index contributed by atoms with van der Waals surface area (Å²) in [4.78, 5) is 53.0. The number of amides is 2. The molecule has 2 bridgehead atoms. The van der Waals surface area contributed by atoms with Gasteiger partial charge in [0.2, 0.25) is 11.8 Å². The number of carbonyl (C=O) groups is 3. The number of hydrogen-bond donors (Lipinski definition) is 1. The van der Waals surface area contributed by atoms with E-state index in [9.17, 15) is 29.6 Å². The lowest BCUT2D eigenvalue weighted by Gasteiger charge is -2.68. The molecule has 8 nitrogen and oxygen atoms in total. The number of non-ortho nitro benzene ring substituents is 1. The van der Waals surface area contributed by atoms with Gasteiger partial charge in [-0.1, -0.05) is 44.9 Å². The number of rotatable bonds is 4. The molecule has 1 saturated heterocycles. The van der Waals surface area contributed by atoms with Crippen LogP contribution in [0.15, 0.2) is 35.9 Å². The van der Waals surface area contributed by atoms with Crippen LogP contribution < -0.4 is 4.90 Å². The zero-order chi connectivity index (χ0) is 27.4. The second-order valence-corrected chi connectivity index (χ2v) is 13.3. The number of nitro benzene ring substituents is 1. The molecule has 1 aromatic rings. The minimum absolute atomic E-state index is 0.0191. The molecule has 1 aliphatic heterocycles. The fourth-order valence-electron chi connectivity index (χ4n) is 9.96. The molecule has 202 valence electrons. The van der Waals surface area contributed by atoms with Crippen LogP contribution in [0.25, 0.3) is 0 Å². The van der Waals surface area contributed by atoms with Gasteiger partial charge in [-0.05, 0) is 74.2 Å². The molecule has 2 amide bonds. The molecule has 1 N–H and O–H groups in total. The Morgan fingerprint density at radius 1 is 1.13 bits per heavy atom. The van der Waals surface area contributed by atoms with E-state index in [1.807, 2.05) is 6.92 Å². The van der Waals surface area contributed by atoms with E-state index in [2.05, 4.69) is 26.8 Å². The van der Waals surface area contributed by atoms with Gasteiger partial charge in [-0.3, -0.25) is 24.5 Å².